The molecule has 0 radical (unpaired) electrons. The number of aromatic nitrogens is 1. The molecule has 1 aromatic rings. The van der Waals surface area contributed by atoms with E-state index in [1.54, 1.807) is 13.3 Å². The molecule has 1 N–H and O–H groups in total. The number of carbonyl (C=O) groups excluding carboxylic acids is 1. The number of rotatable bonds is 4. The minimum Gasteiger partial charge on any atom is -0.481 e. The third-order valence-electron chi connectivity index (χ3n) is 3.14. The second-order valence-electron chi connectivity index (χ2n) is 4.37. The van der Waals surface area contributed by atoms with Crippen LogP contribution in [0.5, 0.6) is 5.88 Å². The lowest BCUT2D eigenvalue weighted by molar-refractivity contribution is -0.125. The average Bonchev–Trinajstić information content (AvgIpc) is 2.46. The summed E-state index contributed by atoms with van der Waals surface area (Å²) in [5, 5.41) is 2.95. The first-order chi connectivity index (χ1) is 8.81. The topological polar surface area (TPSA) is 51.2 Å². The molecule has 1 aliphatic carbocycles. The molecule has 0 spiro atoms. The third-order valence-corrected chi connectivity index (χ3v) is 3.14. The van der Waals surface area contributed by atoms with Crippen LogP contribution in [0.2, 0.25) is 0 Å². The summed E-state index contributed by atoms with van der Waals surface area (Å²) in [4.78, 5) is 16.1. The molecule has 1 amide bonds. The van der Waals surface area contributed by atoms with Gasteiger partial charge in [0.25, 0.3) is 0 Å². The molecule has 0 unspecified atom stereocenters. The monoisotopic (exact) mass is 246 g/mol. The molecular formula is C14H18N2O2. The van der Waals surface area contributed by atoms with E-state index in [0.29, 0.717) is 12.4 Å². The molecule has 4 nitrogen and oxygen atoms in total. The van der Waals surface area contributed by atoms with Gasteiger partial charge in [-0.25, -0.2) is 4.98 Å². The fraction of sp³-hybridized carbons (Fsp3) is 0.429. The van der Waals surface area contributed by atoms with E-state index in [1.165, 1.54) is 0 Å². The Morgan fingerprint density at radius 1 is 1.56 bits per heavy atom. The Labute approximate surface area is 107 Å². The van der Waals surface area contributed by atoms with Gasteiger partial charge in [0.15, 0.2) is 0 Å². The van der Waals surface area contributed by atoms with Gasteiger partial charge in [0.05, 0.1) is 7.11 Å². The Bertz CT molecular complexity index is 443. The Kier molecular flexibility index (Phi) is 4.34. The van der Waals surface area contributed by atoms with Crippen LogP contribution in [0.3, 0.4) is 0 Å². The maximum Gasteiger partial charge on any atom is 0.223 e. The van der Waals surface area contributed by atoms with E-state index >= 15 is 0 Å². The highest BCUT2D eigenvalue weighted by Gasteiger charge is 2.18. The number of amides is 1. The van der Waals surface area contributed by atoms with Gasteiger partial charge in [-0.15, -0.1) is 0 Å². The predicted octanol–water partition coefficient (Wildman–Crippen LogP) is 2.06. The minimum absolute atomic E-state index is 0.109. The smallest absolute Gasteiger partial charge is 0.223 e. The zero-order chi connectivity index (χ0) is 12.8. The number of ether oxygens (including phenoxy) is 1. The lowest BCUT2D eigenvalue weighted by atomic mass is 9.93. The van der Waals surface area contributed by atoms with E-state index in [0.717, 1.165) is 24.8 Å². The average molecular weight is 246 g/mol. The first-order valence-corrected chi connectivity index (χ1v) is 6.22. The third kappa shape index (κ3) is 3.09. The summed E-state index contributed by atoms with van der Waals surface area (Å²) in [5.74, 6) is 0.796. The Morgan fingerprint density at radius 3 is 3.17 bits per heavy atom. The molecule has 0 fully saturated rings. The van der Waals surface area contributed by atoms with Crippen molar-refractivity contribution in [3.8, 4) is 5.88 Å². The van der Waals surface area contributed by atoms with E-state index in [-0.39, 0.29) is 11.8 Å². The number of carbonyl (C=O) groups is 1. The van der Waals surface area contributed by atoms with Crippen LogP contribution in [0.1, 0.15) is 24.8 Å². The van der Waals surface area contributed by atoms with Crippen molar-refractivity contribution in [2.45, 2.75) is 25.8 Å². The van der Waals surface area contributed by atoms with Crippen molar-refractivity contribution in [1.29, 1.82) is 0 Å². The van der Waals surface area contributed by atoms with Crippen LogP contribution in [-0.2, 0) is 11.3 Å². The van der Waals surface area contributed by atoms with Crippen molar-refractivity contribution in [3.63, 3.8) is 0 Å². The maximum absolute atomic E-state index is 12.0. The fourth-order valence-corrected chi connectivity index (χ4v) is 2.10. The quantitative estimate of drug-likeness (QED) is 0.827. The van der Waals surface area contributed by atoms with Crippen LogP contribution in [0.25, 0.3) is 0 Å². The molecule has 1 aliphatic rings. The number of allylic oxidation sites excluding steroid dienone is 2. The summed E-state index contributed by atoms with van der Waals surface area (Å²) in [6, 6.07) is 3.75. The molecule has 0 bridgehead atoms. The van der Waals surface area contributed by atoms with Gasteiger partial charge in [0, 0.05) is 24.2 Å². The molecule has 1 aromatic heterocycles. The van der Waals surface area contributed by atoms with E-state index in [9.17, 15) is 4.79 Å². The number of methoxy groups -OCH3 is 1. The lowest BCUT2D eigenvalue weighted by Gasteiger charge is -2.17. The number of hydrogen-bond acceptors (Lipinski definition) is 3. The standard InChI is InChI=1S/C14H18N2O2/c1-18-14-12(8-5-9-15-14)10-16-13(17)11-6-3-2-4-7-11/h2-3,5,8-9,11H,4,6-7,10H2,1H3,(H,16,17)/t11-/m1/s1. The van der Waals surface area contributed by atoms with Crippen molar-refractivity contribution in [2.24, 2.45) is 5.92 Å². The highest BCUT2D eigenvalue weighted by atomic mass is 16.5. The highest BCUT2D eigenvalue weighted by molar-refractivity contribution is 5.79. The molecule has 0 aromatic carbocycles. The second kappa shape index (κ2) is 6.19. The SMILES string of the molecule is COc1ncccc1CNC(=O)[C@@H]1CC=CCC1. The minimum atomic E-state index is 0.109. The zero-order valence-corrected chi connectivity index (χ0v) is 10.6. The first kappa shape index (κ1) is 12.6. The summed E-state index contributed by atoms with van der Waals surface area (Å²) in [5.41, 5.74) is 0.903. The van der Waals surface area contributed by atoms with Crippen LogP contribution in [0, 0.1) is 5.92 Å². The van der Waals surface area contributed by atoms with Gasteiger partial charge >= 0.3 is 0 Å². The summed E-state index contributed by atoms with van der Waals surface area (Å²) in [7, 11) is 1.58. The largest absolute Gasteiger partial charge is 0.481 e. The van der Waals surface area contributed by atoms with Crippen LogP contribution in [-0.4, -0.2) is 18.0 Å². The van der Waals surface area contributed by atoms with Crippen molar-refractivity contribution in [1.82, 2.24) is 10.3 Å². The highest BCUT2D eigenvalue weighted by Crippen LogP contribution is 2.19. The van der Waals surface area contributed by atoms with Gasteiger partial charge in [-0.3, -0.25) is 4.79 Å². The van der Waals surface area contributed by atoms with Gasteiger partial charge in [0.2, 0.25) is 11.8 Å². The van der Waals surface area contributed by atoms with Crippen LogP contribution in [0.15, 0.2) is 30.5 Å². The van der Waals surface area contributed by atoms with Gasteiger partial charge in [0.1, 0.15) is 0 Å². The second-order valence-corrected chi connectivity index (χ2v) is 4.37. The molecule has 1 atom stereocenters. The van der Waals surface area contributed by atoms with Crippen LogP contribution >= 0.6 is 0 Å². The Balaban J connectivity index is 1.90. The molecule has 4 heteroatoms. The van der Waals surface area contributed by atoms with Crippen molar-refractivity contribution >= 4 is 5.91 Å². The molecule has 96 valence electrons. The van der Waals surface area contributed by atoms with Gasteiger partial charge < -0.3 is 10.1 Å². The summed E-state index contributed by atoms with van der Waals surface area (Å²) < 4.78 is 5.15. The fourth-order valence-electron chi connectivity index (χ4n) is 2.10. The number of pyridine rings is 1. The summed E-state index contributed by atoms with van der Waals surface area (Å²) in [6.07, 6.45) is 8.67. The lowest BCUT2D eigenvalue weighted by Crippen LogP contribution is -2.30. The predicted molar refractivity (Wildman–Crippen MR) is 69.1 cm³/mol. The molecular weight excluding hydrogens is 228 g/mol. The van der Waals surface area contributed by atoms with Crippen molar-refractivity contribution < 1.29 is 9.53 Å². The van der Waals surface area contributed by atoms with E-state index in [4.69, 9.17) is 4.74 Å². The van der Waals surface area contributed by atoms with Gasteiger partial charge in [-0.2, -0.15) is 0 Å². The normalized spacial score (nSPS) is 18.4. The molecule has 18 heavy (non-hydrogen) atoms. The first-order valence-electron chi connectivity index (χ1n) is 6.22. The number of hydrogen-bond donors (Lipinski definition) is 1. The Morgan fingerprint density at radius 2 is 2.44 bits per heavy atom. The maximum atomic E-state index is 12.0. The summed E-state index contributed by atoms with van der Waals surface area (Å²) in [6.45, 7) is 0.468. The van der Waals surface area contributed by atoms with E-state index in [2.05, 4.69) is 22.5 Å². The van der Waals surface area contributed by atoms with Gasteiger partial charge in [-0.1, -0.05) is 18.2 Å². The zero-order valence-electron chi connectivity index (χ0n) is 10.6. The molecule has 0 saturated carbocycles. The van der Waals surface area contributed by atoms with Crippen molar-refractivity contribution in [2.75, 3.05) is 7.11 Å². The van der Waals surface area contributed by atoms with Crippen LogP contribution in [0.4, 0.5) is 0 Å². The van der Waals surface area contributed by atoms with Crippen molar-refractivity contribution in [3.05, 3.63) is 36.0 Å². The molecule has 0 saturated heterocycles. The summed E-state index contributed by atoms with van der Waals surface area (Å²) >= 11 is 0. The van der Waals surface area contributed by atoms with E-state index in [1.807, 2.05) is 12.1 Å². The molecule has 2 rings (SSSR count). The van der Waals surface area contributed by atoms with Gasteiger partial charge in [-0.05, 0) is 25.3 Å². The van der Waals surface area contributed by atoms with Crippen LogP contribution < -0.4 is 10.1 Å². The number of nitrogens with zero attached hydrogens (tertiary/aromatic N) is 1. The number of nitrogens with one attached hydrogen (secondary N) is 1. The van der Waals surface area contributed by atoms with E-state index < -0.39 is 0 Å². The molecule has 1 heterocycles. The molecule has 0 aliphatic heterocycles. The Hall–Kier alpha value is -1.84.